The lowest BCUT2D eigenvalue weighted by atomic mass is 9.96. The van der Waals surface area contributed by atoms with E-state index in [0.717, 1.165) is 24.8 Å². The summed E-state index contributed by atoms with van der Waals surface area (Å²) in [4.78, 5) is 0. The minimum absolute atomic E-state index is 0.260. The minimum Gasteiger partial charge on any atom is -0.389 e. The van der Waals surface area contributed by atoms with E-state index < -0.39 is 0 Å². The Balaban J connectivity index is 0.000000331. The van der Waals surface area contributed by atoms with Crippen molar-refractivity contribution >= 4 is 9.24 Å². The predicted molar refractivity (Wildman–Crippen MR) is 85.7 cm³/mol. The van der Waals surface area contributed by atoms with Crippen molar-refractivity contribution in [1.29, 1.82) is 0 Å². The summed E-state index contributed by atoms with van der Waals surface area (Å²) >= 11 is 0. The van der Waals surface area contributed by atoms with E-state index in [0.29, 0.717) is 0 Å². The SMILES string of the molecule is C/C=C(P)\C=C/CC.CC1=CC=C(C(C)O)CC1. The first-order valence-electron chi connectivity index (χ1n) is 6.63. The van der Waals surface area contributed by atoms with Crippen LogP contribution in [0.3, 0.4) is 0 Å². The molecule has 0 fully saturated rings. The molecule has 0 saturated carbocycles. The highest BCUT2D eigenvalue weighted by Crippen LogP contribution is 2.19. The largest absolute Gasteiger partial charge is 0.389 e. The monoisotopic (exact) mass is 266 g/mol. The van der Waals surface area contributed by atoms with E-state index in [1.54, 1.807) is 0 Å². The molecule has 0 heterocycles. The predicted octanol–water partition coefficient (Wildman–Crippen LogP) is 4.77. The summed E-state index contributed by atoms with van der Waals surface area (Å²) in [6.07, 6.45) is 13.4. The summed E-state index contributed by atoms with van der Waals surface area (Å²) in [5.74, 6) is 0. The molecule has 1 rings (SSSR count). The maximum Gasteiger partial charge on any atom is 0.0725 e. The summed E-state index contributed by atoms with van der Waals surface area (Å²) in [7, 11) is 2.66. The van der Waals surface area contributed by atoms with E-state index in [2.05, 4.69) is 47.4 Å². The van der Waals surface area contributed by atoms with Gasteiger partial charge in [-0.1, -0.05) is 42.9 Å². The van der Waals surface area contributed by atoms with Crippen molar-refractivity contribution in [3.63, 3.8) is 0 Å². The van der Waals surface area contributed by atoms with E-state index in [1.165, 1.54) is 10.9 Å². The van der Waals surface area contributed by atoms with Gasteiger partial charge < -0.3 is 5.11 Å². The van der Waals surface area contributed by atoms with E-state index in [1.807, 2.05) is 19.9 Å². The van der Waals surface area contributed by atoms with Crippen molar-refractivity contribution in [3.05, 3.63) is 46.8 Å². The van der Waals surface area contributed by atoms with Gasteiger partial charge in [-0.25, -0.2) is 0 Å². The van der Waals surface area contributed by atoms with Crippen LogP contribution in [0.25, 0.3) is 0 Å². The fraction of sp³-hybridized carbons (Fsp3) is 0.500. The number of aliphatic hydroxyl groups excluding tert-OH is 1. The molecular formula is C16H27OP. The normalized spacial score (nSPS) is 17.8. The molecule has 0 radical (unpaired) electrons. The average molecular weight is 266 g/mol. The smallest absolute Gasteiger partial charge is 0.0725 e. The highest BCUT2D eigenvalue weighted by molar-refractivity contribution is 7.22. The summed E-state index contributed by atoms with van der Waals surface area (Å²) in [6, 6.07) is 0. The first-order valence-corrected chi connectivity index (χ1v) is 7.21. The van der Waals surface area contributed by atoms with Crippen molar-refractivity contribution in [3.8, 4) is 0 Å². The standard InChI is InChI=1S/C9H14O.C7H13P/c1-7-3-5-9(6-4-7)8(2)10;1-3-5-6-7(8)4-2/h3,5,8,10H,4,6H2,1-2H3;4-6H,3,8H2,1-2H3/b;6-5-,7-4+. The Bertz CT molecular complexity index is 346. The molecule has 0 aliphatic heterocycles. The lowest BCUT2D eigenvalue weighted by molar-refractivity contribution is 0.226. The van der Waals surface area contributed by atoms with Gasteiger partial charge in [0.1, 0.15) is 0 Å². The van der Waals surface area contributed by atoms with Crippen LogP contribution in [-0.4, -0.2) is 11.2 Å². The molecule has 0 amide bonds. The summed E-state index contributed by atoms with van der Waals surface area (Å²) in [5, 5.41) is 10.4. The van der Waals surface area contributed by atoms with Crippen molar-refractivity contribution in [2.24, 2.45) is 0 Å². The van der Waals surface area contributed by atoms with Crippen LogP contribution in [-0.2, 0) is 0 Å². The Morgan fingerprint density at radius 1 is 1.44 bits per heavy atom. The van der Waals surface area contributed by atoms with Crippen molar-refractivity contribution < 1.29 is 5.11 Å². The molecule has 0 aromatic carbocycles. The lowest BCUT2D eigenvalue weighted by Crippen LogP contribution is -2.06. The molecule has 0 aromatic heterocycles. The molecule has 0 bridgehead atoms. The van der Waals surface area contributed by atoms with Crippen molar-refractivity contribution in [1.82, 2.24) is 0 Å². The van der Waals surface area contributed by atoms with Gasteiger partial charge >= 0.3 is 0 Å². The summed E-state index contributed by atoms with van der Waals surface area (Å²) in [5.41, 5.74) is 2.56. The molecule has 1 nitrogen and oxygen atoms in total. The maximum absolute atomic E-state index is 9.17. The second-order valence-electron chi connectivity index (χ2n) is 4.53. The lowest BCUT2D eigenvalue weighted by Gasteiger charge is -2.13. The van der Waals surface area contributed by atoms with Crippen LogP contribution in [0.4, 0.5) is 0 Å². The molecule has 1 aliphatic rings. The summed E-state index contributed by atoms with van der Waals surface area (Å²) < 4.78 is 0. The molecule has 2 unspecified atom stereocenters. The fourth-order valence-corrected chi connectivity index (χ4v) is 1.59. The molecular weight excluding hydrogens is 239 g/mol. The van der Waals surface area contributed by atoms with E-state index >= 15 is 0 Å². The van der Waals surface area contributed by atoms with Gasteiger partial charge in [-0.3, -0.25) is 0 Å². The molecule has 18 heavy (non-hydrogen) atoms. The first-order chi connectivity index (χ1) is 8.51. The third kappa shape index (κ3) is 8.44. The van der Waals surface area contributed by atoms with Gasteiger partial charge in [0, 0.05) is 0 Å². The van der Waals surface area contributed by atoms with Crippen LogP contribution in [0.5, 0.6) is 0 Å². The van der Waals surface area contributed by atoms with Gasteiger partial charge in [0.15, 0.2) is 0 Å². The molecule has 0 aromatic rings. The minimum atomic E-state index is -0.260. The van der Waals surface area contributed by atoms with Gasteiger partial charge in [-0.05, 0) is 50.9 Å². The van der Waals surface area contributed by atoms with Crippen molar-refractivity contribution in [2.75, 3.05) is 0 Å². The quantitative estimate of drug-likeness (QED) is 0.576. The molecule has 0 saturated heterocycles. The molecule has 1 aliphatic carbocycles. The summed E-state index contributed by atoms with van der Waals surface area (Å²) in [6.45, 7) is 8.10. The Hall–Kier alpha value is -0.650. The average Bonchev–Trinajstić information content (AvgIpc) is 2.37. The van der Waals surface area contributed by atoms with Gasteiger partial charge in [0.05, 0.1) is 6.10 Å². The van der Waals surface area contributed by atoms with Crippen molar-refractivity contribution in [2.45, 2.75) is 53.1 Å². The maximum atomic E-state index is 9.17. The van der Waals surface area contributed by atoms with Gasteiger partial charge in [-0.2, -0.15) is 0 Å². The van der Waals surface area contributed by atoms with Crippen LogP contribution in [0.1, 0.15) is 47.0 Å². The number of rotatable bonds is 3. The number of hydrogen-bond acceptors (Lipinski definition) is 1. The third-order valence-electron chi connectivity index (χ3n) is 2.81. The van der Waals surface area contributed by atoms with E-state index in [9.17, 15) is 0 Å². The van der Waals surface area contributed by atoms with Crippen LogP contribution >= 0.6 is 9.24 Å². The highest BCUT2D eigenvalue weighted by atomic mass is 31.0. The second kappa shape index (κ2) is 10.3. The molecule has 2 heteroatoms. The van der Waals surface area contributed by atoms with E-state index in [-0.39, 0.29) is 6.10 Å². The van der Waals surface area contributed by atoms with Crippen LogP contribution in [0.2, 0.25) is 0 Å². The van der Waals surface area contributed by atoms with E-state index in [4.69, 9.17) is 5.11 Å². The van der Waals surface area contributed by atoms with Gasteiger partial charge in [-0.15, -0.1) is 9.24 Å². The zero-order valence-electron chi connectivity index (χ0n) is 12.1. The van der Waals surface area contributed by atoms with Crippen LogP contribution in [0.15, 0.2) is 46.8 Å². The Kier molecular flexibility index (Phi) is 9.92. The number of allylic oxidation sites excluding steroid dienone is 7. The second-order valence-corrected chi connectivity index (χ2v) is 5.20. The van der Waals surface area contributed by atoms with Gasteiger partial charge in [0.2, 0.25) is 0 Å². The Labute approximate surface area is 115 Å². The van der Waals surface area contributed by atoms with Crippen LogP contribution < -0.4 is 0 Å². The molecule has 1 N–H and O–H groups in total. The first kappa shape index (κ1) is 17.4. The zero-order valence-corrected chi connectivity index (χ0v) is 13.3. The zero-order chi connectivity index (χ0) is 14.0. The number of hydrogen-bond donors (Lipinski definition) is 1. The molecule has 0 spiro atoms. The topological polar surface area (TPSA) is 20.2 Å². The number of aliphatic hydroxyl groups is 1. The van der Waals surface area contributed by atoms with Gasteiger partial charge in [0.25, 0.3) is 0 Å². The Morgan fingerprint density at radius 3 is 2.50 bits per heavy atom. The fourth-order valence-electron chi connectivity index (χ4n) is 1.46. The molecule has 102 valence electrons. The van der Waals surface area contributed by atoms with Crippen LogP contribution in [0, 0.1) is 0 Å². The highest BCUT2D eigenvalue weighted by Gasteiger charge is 2.06. The molecule has 2 atom stereocenters. The Morgan fingerprint density at radius 2 is 2.11 bits per heavy atom. The third-order valence-corrected chi connectivity index (χ3v) is 3.33.